The van der Waals surface area contributed by atoms with Crippen LogP contribution in [0.25, 0.3) is 5.76 Å². The molecule has 0 bridgehead atoms. The minimum absolute atomic E-state index is 0.0894. The van der Waals surface area contributed by atoms with Gasteiger partial charge in [-0.15, -0.1) is 0 Å². The Balaban J connectivity index is 1.89. The fraction of sp³-hybridized carbons (Fsp3) is 0.207. The van der Waals surface area contributed by atoms with Crippen molar-refractivity contribution in [2.75, 3.05) is 18.6 Å². The highest BCUT2D eigenvalue weighted by atomic mass is 16.5. The summed E-state index contributed by atoms with van der Waals surface area (Å²) in [6, 6.07) is 18.9. The zero-order valence-corrected chi connectivity index (χ0v) is 20.8. The maximum Gasteiger partial charge on any atom is 0.308 e. The SMILES string of the molecule is CCCOc1cccc(/C(O)=C2/C(=O)C(=O)N(c3ccc(OC)cc3)C2c2cccc(OC(C)=O)c2)c1. The summed E-state index contributed by atoms with van der Waals surface area (Å²) >= 11 is 0. The largest absolute Gasteiger partial charge is 0.507 e. The molecule has 1 aliphatic heterocycles. The average Bonchev–Trinajstić information content (AvgIpc) is 3.17. The van der Waals surface area contributed by atoms with E-state index in [-0.39, 0.29) is 17.1 Å². The van der Waals surface area contributed by atoms with Gasteiger partial charge in [-0.05, 0) is 60.5 Å². The van der Waals surface area contributed by atoms with Crippen LogP contribution in [0, 0.1) is 0 Å². The van der Waals surface area contributed by atoms with E-state index in [0.29, 0.717) is 34.9 Å². The Bertz CT molecular complexity index is 1360. The molecule has 1 fully saturated rings. The second-order valence-corrected chi connectivity index (χ2v) is 8.41. The number of Topliss-reactive ketones (excluding diaryl/α,β-unsaturated/α-hetero) is 1. The van der Waals surface area contributed by atoms with E-state index in [0.717, 1.165) is 6.42 Å². The molecule has 4 rings (SSSR count). The van der Waals surface area contributed by atoms with E-state index in [2.05, 4.69) is 0 Å². The van der Waals surface area contributed by atoms with Gasteiger partial charge in [0.15, 0.2) is 0 Å². The second kappa shape index (κ2) is 11.0. The first kappa shape index (κ1) is 25.5. The average molecular weight is 502 g/mol. The molecule has 1 aliphatic rings. The van der Waals surface area contributed by atoms with E-state index in [9.17, 15) is 19.5 Å². The van der Waals surface area contributed by atoms with Gasteiger partial charge in [-0.2, -0.15) is 0 Å². The maximum atomic E-state index is 13.4. The first-order valence-electron chi connectivity index (χ1n) is 11.8. The van der Waals surface area contributed by atoms with E-state index >= 15 is 0 Å². The van der Waals surface area contributed by atoms with Gasteiger partial charge in [-0.25, -0.2) is 0 Å². The van der Waals surface area contributed by atoms with Gasteiger partial charge in [0.05, 0.1) is 25.3 Å². The summed E-state index contributed by atoms with van der Waals surface area (Å²) in [7, 11) is 1.53. The Morgan fingerprint density at radius 3 is 2.32 bits per heavy atom. The molecule has 0 aliphatic carbocycles. The van der Waals surface area contributed by atoms with Crippen LogP contribution in [-0.2, 0) is 14.4 Å². The molecule has 1 atom stereocenters. The number of carbonyl (C=O) groups is 3. The van der Waals surface area contributed by atoms with Crippen molar-refractivity contribution >= 4 is 29.1 Å². The van der Waals surface area contributed by atoms with Gasteiger partial charge in [0, 0.05) is 18.2 Å². The van der Waals surface area contributed by atoms with Crippen LogP contribution in [0.3, 0.4) is 0 Å². The number of ether oxygens (including phenoxy) is 3. The molecular weight excluding hydrogens is 474 g/mol. The lowest BCUT2D eigenvalue weighted by Crippen LogP contribution is -2.29. The summed E-state index contributed by atoms with van der Waals surface area (Å²) in [5, 5.41) is 11.4. The summed E-state index contributed by atoms with van der Waals surface area (Å²) < 4.78 is 16.1. The van der Waals surface area contributed by atoms with Crippen LogP contribution in [0.1, 0.15) is 37.4 Å². The lowest BCUT2D eigenvalue weighted by atomic mass is 9.95. The van der Waals surface area contributed by atoms with E-state index < -0.39 is 23.7 Å². The number of aliphatic hydroxyl groups excluding tert-OH is 1. The summed E-state index contributed by atoms with van der Waals surface area (Å²) in [6.07, 6.45) is 0.807. The third-order valence-corrected chi connectivity index (χ3v) is 5.81. The van der Waals surface area contributed by atoms with Crippen molar-refractivity contribution in [2.24, 2.45) is 0 Å². The van der Waals surface area contributed by atoms with Gasteiger partial charge in [0.2, 0.25) is 0 Å². The van der Waals surface area contributed by atoms with Crippen molar-refractivity contribution < 1.29 is 33.7 Å². The van der Waals surface area contributed by atoms with Gasteiger partial charge in [-0.1, -0.05) is 31.2 Å². The van der Waals surface area contributed by atoms with E-state index in [4.69, 9.17) is 14.2 Å². The number of ketones is 1. The summed E-state index contributed by atoms with van der Waals surface area (Å²) in [4.78, 5) is 39.6. The highest BCUT2D eigenvalue weighted by molar-refractivity contribution is 6.51. The number of hydrogen-bond donors (Lipinski definition) is 1. The number of methoxy groups -OCH3 is 1. The fourth-order valence-electron chi connectivity index (χ4n) is 4.18. The molecule has 8 nitrogen and oxygen atoms in total. The minimum Gasteiger partial charge on any atom is -0.507 e. The highest BCUT2D eigenvalue weighted by Crippen LogP contribution is 2.43. The normalized spacial score (nSPS) is 16.5. The fourth-order valence-corrected chi connectivity index (χ4v) is 4.18. The van der Waals surface area contributed by atoms with E-state index in [1.54, 1.807) is 72.8 Å². The predicted octanol–water partition coefficient (Wildman–Crippen LogP) is 5.04. The Morgan fingerprint density at radius 2 is 1.65 bits per heavy atom. The zero-order valence-electron chi connectivity index (χ0n) is 20.8. The van der Waals surface area contributed by atoms with Crippen molar-refractivity contribution in [3.05, 3.63) is 89.5 Å². The lowest BCUT2D eigenvalue weighted by Gasteiger charge is -2.26. The molecule has 0 aromatic heterocycles. The standard InChI is InChI=1S/C29H27NO7/c1-4-15-36-23-9-6-8-20(17-23)27(32)25-26(19-7-5-10-24(16-19)37-18(2)31)30(29(34)28(25)33)21-11-13-22(35-3)14-12-21/h5-14,16-17,26,32H,4,15H2,1-3H3/b27-25-. The van der Waals surface area contributed by atoms with Crippen LogP contribution in [0.4, 0.5) is 5.69 Å². The minimum atomic E-state index is -0.982. The van der Waals surface area contributed by atoms with E-state index in [1.165, 1.54) is 18.9 Å². The zero-order chi connectivity index (χ0) is 26.5. The molecule has 0 radical (unpaired) electrons. The van der Waals surface area contributed by atoms with Crippen LogP contribution in [-0.4, -0.2) is 36.5 Å². The number of aliphatic hydroxyl groups is 1. The van der Waals surface area contributed by atoms with Gasteiger partial charge < -0.3 is 19.3 Å². The number of anilines is 1. The van der Waals surface area contributed by atoms with Crippen molar-refractivity contribution in [1.82, 2.24) is 0 Å². The number of nitrogens with zero attached hydrogens (tertiary/aromatic N) is 1. The number of hydrogen-bond acceptors (Lipinski definition) is 7. The summed E-state index contributed by atoms with van der Waals surface area (Å²) in [5.74, 6) is -1.12. The Morgan fingerprint density at radius 1 is 0.946 bits per heavy atom. The topological polar surface area (TPSA) is 102 Å². The maximum absolute atomic E-state index is 13.4. The predicted molar refractivity (Wildman–Crippen MR) is 138 cm³/mol. The van der Waals surface area contributed by atoms with Crippen molar-refractivity contribution in [3.63, 3.8) is 0 Å². The van der Waals surface area contributed by atoms with Gasteiger partial charge in [0.1, 0.15) is 23.0 Å². The molecule has 1 unspecified atom stereocenters. The lowest BCUT2D eigenvalue weighted by molar-refractivity contribution is -0.132. The number of rotatable bonds is 8. The molecule has 3 aromatic carbocycles. The van der Waals surface area contributed by atoms with Crippen LogP contribution in [0.5, 0.6) is 17.2 Å². The molecular formula is C29H27NO7. The molecule has 37 heavy (non-hydrogen) atoms. The number of carbonyl (C=O) groups excluding carboxylic acids is 3. The number of esters is 1. The molecule has 0 spiro atoms. The van der Waals surface area contributed by atoms with Crippen LogP contribution >= 0.6 is 0 Å². The van der Waals surface area contributed by atoms with Crippen LogP contribution in [0.15, 0.2) is 78.4 Å². The third kappa shape index (κ3) is 5.33. The molecule has 3 aromatic rings. The van der Waals surface area contributed by atoms with Crippen LogP contribution in [0.2, 0.25) is 0 Å². The van der Waals surface area contributed by atoms with Crippen LogP contribution < -0.4 is 19.1 Å². The molecule has 1 saturated heterocycles. The first-order valence-corrected chi connectivity index (χ1v) is 11.8. The van der Waals surface area contributed by atoms with Crippen molar-refractivity contribution in [2.45, 2.75) is 26.3 Å². The first-order chi connectivity index (χ1) is 17.8. The quantitative estimate of drug-likeness (QED) is 0.152. The molecule has 8 heteroatoms. The van der Waals surface area contributed by atoms with E-state index in [1.807, 2.05) is 6.92 Å². The Hall–Kier alpha value is -4.59. The summed E-state index contributed by atoms with van der Waals surface area (Å²) in [6.45, 7) is 3.76. The third-order valence-electron chi connectivity index (χ3n) is 5.81. The summed E-state index contributed by atoms with van der Waals surface area (Å²) in [5.41, 5.74) is 1.16. The Kier molecular flexibility index (Phi) is 7.57. The van der Waals surface area contributed by atoms with Gasteiger partial charge >= 0.3 is 5.97 Å². The molecule has 1 N–H and O–H groups in total. The molecule has 190 valence electrons. The molecule has 1 amide bonds. The smallest absolute Gasteiger partial charge is 0.308 e. The van der Waals surface area contributed by atoms with Gasteiger partial charge in [0.25, 0.3) is 11.7 Å². The molecule has 0 saturated carbocycles. The monoisotopic (exact) mass is 501 g/mol. The molecule has 1 heterocycles. The number of amides is 1. The van der Waals surface area contributed by atoms with Gasteiger partial charge in [-0.3, -0.25) is 19.3 Å². The Labute approximate surface area is 214 Å². The second-order valence-electron chi connectivity index (χ2n) is 8.41. The van der Waals surface area contributed by atoms with Crippen molar-refractivity contribution in [3.8, 4) is 17.2 Å². The van der Waals surface area contributed by atoms with Crippen molar-refractivity contribution in [1.29, 1.82) is 0 Å². The highest BCUT2D eigenvalue weighted by Gasteiger charge is 2.47. The number of benzene rings is 3.